The molecule has 0 radical (unpaired) electrons. The van der Waals surface area contributed by atoms with Gasteiger partial charge in [0.05, 0.1) is 55.4 Å². The monoisotopic (exact) mass is 917 g/mol. The number of ether oxygens (including phenoxy) is 7. The lowest BCUT2D eigenvalue weighted by Gasteiger charge is -2.65. The van der Waals surface area contributed by atoms with Gasteiger partial charge in [-0.15, -0.1) is 0 Å². The first kappa shape index (κ1) is 48.3. The minimum absolute atomic E-state index is 0.0777. The molecule has 0 amide bonds. The molecule has 4 heterocycles. The second-order valence-corrected chi connectivity index (χ2v) is 23.4. The van der Waals surface area contributed by atoms with Crippen LogP contribution in [0.15, 0.2) is 0 Å². The second kappa shape index (κ2) is 16.2. The third kappa shape index (κ3) is 7.01. The summed E-state index contributed by atoms with van der Waals surface area (Å²) in [5.74, 6) is -0.324. The number of hydrogen-bond donors (Lipinski definition) is 11. The summed E-state index contributed by atoms with van der Waals surface area (Å²) in [4.78, 5) is 0. The Labute approximate surface area is 375 Å². The van der Waals surface area contributed by atoms with Crippen molar-refractivity contribution in [2.45, 2.75) is 222 Å². The minimum Gasteiger partial charge on any atom is -0.394 e. The lowest BCUT2D eigenvalue weighted by Crippen LogP contribution is -2.65. The van der Waals surface area contributed by atoms with E-state index in [2.05, 4.69) is 34.6 Å². The zero-order valence-electron chi connectivity index (χ0n) is 38.3. The van der Waals surface area contributed by atoms with Crippen molar-refractivity contribution < 1.29 is 89.3 Å². The van der Waals surface area contributed by atoms with Crippen LogP contribution < -0.4 is 0 Å². The van der Waals surface area contributed by atoms with Gasteiger partial charge in [0.25, 0.3) is 0 Å². The first-order valence-corrected chi connectivity index (χ1v) is 23.8. The third-order valence-corrected chi connectivity index (χ3v) is 19.3. The Bertz CT molecular complexity index is 1710. The van der Waals surface area contributed by atoms with Crippen LogP contribution in [0.5, 0.6) is 0 Å². The number of fused-ring (bicyclic) bond motifs is 2. The van der Waals surface area contributed by atoms with Crippen LogP contribution in [-0.2, 0) is 33.2 Å². The van der Waals surface area contributed by atoms with Crippen LogP contribution in [0.1, 0.15) is 106 Å². The third-order valence-electron chi connectivity index (χ3n) is 19.3. The van der Waals surface area contributed by atoms with Crippen molar-refractivity contribution in [2.75, 3.05) is 19.8 Å². The molecule has 64 heavy (non-hydrogen) atoms. The summed E-state index contributed by atoms with van der Waals surface area (Å²) in [7, 11) is 0. The van der Waals surface area contributed by atoms with Crippen molar-refractivity contribution in [3.8, 4) is 0 Å². The van der Waals surface area contributed by atoms with Crippen molar-refractivity contribution in [1.29, 1.82) is 0 Å². The van der Waals surface area contributed by atoms with Crippen molar-refractivity contribution in [3.63, 3.8) is 0 Å². The average Bonchev–Trinajstić information content (AvgIpc) is 3.59. The van der Waals surface area contributed by atoms with E-state index in [1.54, 1.807) is 13.8 Å². The van der Waals surface area contributed by atoms with Crippen molar-refractivity contribution >= 4 is 0 Å². The Morgan fingerprint density at radius 1 is 0.625 bits per heavy atom. The molecule has 0 aromatic carbocycles. The fourth-order valence-electron chi connectivity index (χ4n) is 16.1. The van der Waals surface area contributed by atoms with Gasteiger partial charge in [-0.1, -0.05) is 27.7 Å². The first-order valence-electron chi connectivity index (χ1n) is 23.8. The maximum absolute atomic E-state index is 12.3. The van der Waals surface area contributed by atoms with Gasteiger partial charge >= 0.3 is 0 Å². The lowest BCUT2D eigenvalue weighted by molar-refractivity contribution is -0.368. The summed E-state index contributed by atoms with van der Waals surface area (Å²) in [6.45, 7) is 13.3. The summed E-state index contributed by atoms with van der Waals surface area (Å²) in [5.41, 5.74) is -3.48. The standard InChI is InChI=1S/C46H76O18/c1-40(2)26(62-39-34(29(52)22(50)18-59-39)63-38-33(56)31(54)30(53)24(16-47)61-38)9-11-46-19-45(46)13-12-42(5)35(44(7)10-8-27(64-44)41(3,4)57)20(48)15-43(42,6)25(45)14-23(36(40)46)60-37-32(55)28(51)21(49)17-58-37/h20-39,47-57H,8-19H2,1-7H3/t20-,21+,22+,23-,24+,25-,26-,27+,28-,29-,30+,31-,32+,33+,34+,35-,36-,37-,38-,39-,42+,43-,44+,45-,46+/m0/s1. The lowest BCUT2D eigenvalue weighted by atomic mass is 9.41. The van der Waals surface area contributed by atoms with Gasteiger partial charge in [0.15, 0.2) is 18.9 Å². The maximum atomic E-state index is 12.3. The highest BCUT2D eigenvalue weighted by Gasteiger charge is 2.85. The van der Waals surface area contributed by atoms with Crippen molar-refractivity contribution in [3.05, 3.63) is 0 Å². The highest BCUT2D eigenvalue weighted by molar-refractivity contribution is 5.33. The smallest absolute Gasteiger partial charge is 0.187 e. The molecule has 0 unspecified atom stereocenters. The van der Waals surface area contributed by atoms with Crippen LogP contribution in [-0.4, -0.2) is 192 Å². The molecule has 9 rings (SSSR count). The predicted molar refractivity (Wildman–Crippen MR) is 220 cm³/mol. The molecule has 11 N–H and O–H groups in total. The number of aliphatic hydroxyl groups excluding tert-OH is 10. The van der Waals surface area contributed by atoms with Gasteiger partial charge in [-0.2, -0.15) is 0 Å². The zero-order valence-corrected chi connectivity index (χ0v) is 38.3. The number of rotatable bonds is 9. The van der Waals surface area contributed by atoms with Crippen LogP contribution in [0, 0.1) is 44.8 Å². The van der Waals surface area contributed by atoms with E-state index in [-0.39, 0.29) is 58.7 Å². The molecule has 5 aliphatic carbocycles. The molecule has 18 nitrogen and oxygen atoms in total. The second-order valence-electron chi connectivity index (χ2n) is 23.4. The molecule has 9 fully saturated rings. The van der Waals surface area contributed by atoms with Gasteiger partial charge in [0.1, 0.15) is 61.0 Å². The van der Waals surface area contributed by atoms with Gasteiger partial charge in [-0.05, 0) is 117 Å². The largest absolute Gasteiger partial charge is 0.394 e. The normalized spacial score (nSPS) is 58.2. The van der Waals surface area contributed by atoms with Crippen LogP contribution in [0.25, 0.3) is 0 Å². The van der Waals surface area contributed by atoms with Gasteiger partial charge in [0, 0.05) is 5.92 Å². The van der Waals surface area contributed by atoms with Crippen LogP contribution >= 0.6 is 0 Å². The van der Waals surface area contributed by atoms with E-state index in [1.165, 1.54) is 0 Å². The Morgan fingerprint density at radius 2 is 1.28 bits per heavy atom. The molecule has 25 atom stereocenters. The Kier molecular flexibility index (Phi) is 12.2. The molecule has 0 aromatic rings. The van der Waals surface area contributed by atoms with Crippen LogP contribution in [0.4, 0.5) is 0 Å². The molecule has 9 aliphatic rings. The van der Waals surface area contributed by atoms with E-state index in [0.29, 0.717) is 25.7 Å². The van der Waals surface area contributed by atoms with Gasteiger partial charge < -0.3 is 89.3 Å². The van der Waals surface area contributed by atoms with E-state index >= 15 is 0 Å². The summed E-state index contributed by atoms with van der Waals surface area (Å²) in [5, 5.41) is 119. The Morgan fingerprint density at radius 3 is 1.94 bits per heavy atom. The SMILES string of the molecule is CC(C)(O)[C@H]1CC[C@](C)([C@H]2[C@@H](O)C[C@@]3(C)[C@@H]4C[C@H](O[C@@H]5OC[C@@H](O)[C@H](O)[C@H]5O)[C@H]5C(C)(C)[C@@H](O[C@@H]6OC[C@@H](O)[C@H](O)[C@H]6O[C@@H]6O[C@H](CO)[C@@H](O)[C@H](O)[C@H]6O)CC[C@@]56C[C@@]46CC[C@]23C)O1. The maximum Gasteiger partial charge on any atom is 0.187 e. The molecule has 0 bridgehead atoms. The summed E-state index contributed by atoms with van der Waals surface area (Å²) >= 11 is 0. The fraction of sp³-hybridized carbons (Fsp3) is 1.00. The van der Waals surface area contributed by atoms with Crippen molar-refractivity contribution in [1.82, 2.24) is 0 Å². The van der Waals surface area contributed by atoms with E-state index in [4.69, 9.17) is 33.2 Å². The molecule has 2 spiro atoms. The zero-order chi connectivity index (χ0) is 46.5. The Hall–Kier alpha value is -0.720. The van der Waals surface area contributed by atoms with Gasteiger partial charge in [0.2, 0.25) is 0 Å². The first-order chi connectivity index (χ1) is 29.8. The molecule has 0 aromatic heterocycles. The van der Waals surface area contributed by atoms with Crippen LogP contribution in [0.2, 0.25) is 0 Å². The van der Waals surface area contributed by atoms with Crippen LogP contribution in [0.3, 0.4) is 0 Å². The van der Waals surface area contributed by atoms with E-state index in [9.17, 15) is 56.2 Å². The molecule has 18 heteroatoms. The molecule has 4 aliphatic heterocycles. The molecule has 5 saturated carbocycles. The summed E-state index contributed by atoms with van der Waals surface area (Å²) in [6.07, 6.45) is -14.9. The average molecular weight is 917 g/mol. The summed E-state index contributed by atoms with van der Waals surface area (Å²) < 4.78 is 44.1. The topological polar surface area (TPSA) is 287 Å². The van der Waals surface area contributed by atoms with E-state index < -0.39 is 121 Å². The van der Waals surface area contributed by atoms with Gasteiger partial charge in [-0.3, -0.25) is 0 Å². The molecular weight excluding hydrogens is 840 g/mol. The van der Waals surface area contributed by atoms with E-state index in [1.807, 2.05) is 0 Å². The highest BCUT2D eigenvalue weighted by Crippen LogP contribution is 2.89. The molecule has 4 saturated heterocycles. The summed E-state index contributed by atoms with van der Waals surface area (Å²) in [6, 6.07) is 0. The molecule has 368 valence electrons. The van der Waals surface area contributed by atoms with E-state index in [0.717, 1.165) is 32.1 Å². The van der Waals surface area contributed by atoms with Crippen molar-refractivity contribution in [2.24, 2.45) is 44.8 Å². The quantitative estimate of drug-likeness (QED) is 0.126. The molecular formula is C46H76O18. The highest BCUT2D eigenvalue weighted by atomic mass is 16.8. The minimum atomic E-state index is -1.78. The van der Waals surface area contributed by atoms with Gasteiger partial charge in [-0.25, -0.2) is 0 Å². The Balaban J connectivity index is 1.03. The number of hydrogen-bond acceptors (Lipinski definition) is 18. The fourth-order valence-corrected chi connectivity index (χ4v) is 16.1. The predicted octanol–water partition coefficient (Wildman–Crippen LogP) is -0.813. The number of aliphatic hydroxyl groups is 11.